The van der Waals surface area contributed by atoms with Gasteiger partial charge in [0.25, 0.3) is 0 Å². The molecule has 0 saturated heterocycles. The minimum Gasteiger partial charge on any atom is -0.330 e. The molecule has 0 radical (unpaired) electrons. The second-order valence-corrected chi connectivity index (χ2v) is 9.02. The van der Waals surface area contributed by atoms with Gasteiger partial charge in [0, 0.05) is 37.3 Å². The van der Waals surface area contributed by atoms with Crippen LogP contribution in [0.25, 0.3) is 17.0 Å². The number of tetrazole rings is 1. The molecule has 0 aliphatic rings. The monoisotopic (exact) mass is 524 g/mol. The van der Waals surface area contributed by atoms with Gasteiger partial charge in [-0.15, -0.1) is 0 Å². The number of rotatable bonds is 15. The van der Waals surface area contributed by atoms with Gasteiger partial charge >= 0.3 is 51.4 Å². The average Bonchev–Trinajstić information content (AvgIpc) is 3.53. The van der Waals surface area contributed by atoms with Crippen LogP contribution >= 0.6 is 0 Å². The third-order valence-electron chi connectivity index (χ3n) is 6.21. The average molecular weight is 525 g/mol. The third-order valence-corrected chi connectivity index (χ3v) is 6.21. The summed E-state index contributed by atoms with van der Waals surface area (Å²) in [6.45, 7) is 15.6. The first-order valence-electron chi connectivity index (χ1n) is 12.9. The SMILES string of the molecule is C=C(/C=C\C(=C)c1ccccc1-c1nnn[n-]1)Cn1c(CCCC)nc(CC)c1CCC(=O)CCC.[K+]. The van der Waals surface area contributed by atoms with E-state index in [4.69, 9.17) is 4.98 Å². The summed E-state index contributed by atoms with van der Waals surface area (Å²) in [7, 11) is 0. The fourth-order valence-corrected chi connectivity index (χ4v) is 4.30. The largest absolute Gasteiger partial charge is 1.00 e. The van der Waals surface area contributed by atoms with Gasteiger partial charge in [0.2, 0.25) is 0 Å². The Labute approximate surface area is 263 Å². The van der Waals surface area contributed by atoms with Gasteiger partial charge < -0.3 is 9.67 Å². The van der Waals surface area contributed by atoms with Crippen LogP contribution in [0.5, 0.6) is 0 Å². The van der Waals surface area contributed by atoms with Gasteiger partial charge in [-0.2, -0.15) is 5.21 Å². The fraction of sp³-hybridized carbons (Fsp3) is 0.414. The Bertz CT molecular complexity index is 1210. The first-order valence-corrected chi connectivity index (χ1v) is 12.9. The van der Waals surface area contributed by atoms with Gasteiger partial charge in [0.15, 0.2) is 0 Å². The normalized spacial score (nSPS) is 11.0. The number of carbonyl (C=O) groups excluding carboxylic acids is 1. The topological polar surface area (TPSA) is 87.7 Å². The van der Waals surface area contributed by atoms with Crippen LogP contribution in [0.15, 0.2) is 55.1 Å². The van der Waals surface area contributed by atoms with Crippen LogP contribution in [-0.4, -0.2) is 30.9 Å². The number of allylic oxidation sites excluding steroid dienone is 4. The van der Waals surface area contributed by atoms with Gasteiger partial charge in [-0.25, -0.2) is 4.98 Å². The number of hydrogen-bond acceptors (Lipinski definition) is 5. The molecule has 0 saturated carbocycles. The van der Waals surface area contributed by atoms with E-state index in [1.165, 1.54) is 5.69 Å². The molecule has 0 fully saturated rings. The maximum absolute atomic E-state index is 12.3. The number of unbranched alkanes of at least 4 members (excludes halogenated alkanes) is 1. The maximum Gasteiger partial charge on any atom is 1.00 e. The van der Waals surface area contributed by atoms with E-state index in [0.29, 0.717) is 31.0 Å². The van der Waals surface area contributed by atoms with Crippen LogP contribution in [0, 0.1) is 0 Å². The Kier molecular flexibility index (Phi) is 13.6. The molecule has 0 atom stereocenters. The number of carbonyl (C=O) groups is 1. The zero-order valence-electron chi connectivity index (χ0n) is 22.8. The zero-order valence-corrected chi connectivity index (χ0v) is 26.0. The summed E-state index contributed by atoms with van der Waals surface area (Å²) in [5.41, 5.74) is 5.79. The van der Waals surface area contributed by atoms with E-state index in [1.54, 1.807) is 0 Å². The van der Waals surface area contributed by atoms with Gasteiger partial charge in [-0.3, -0.25) is 15.1 Å². The molecule has 0 aliphatic heterocycles. The van der Waals surface area contributed by atoms with Gasteiger partial charge in [0.1, 0.15) is 11.6 Å². The van der Waals surface area contributed by atoms with E-state index in [0.717, 1.165) is 72.3 Å². The number of aryl methyl sites for hydroxylation is 2. The first-order chi connectivity index (χ1) is 17.5. The van der Waals surface area contributed by atoms with Gasteiger partial charge in [-0.1, -0.05) is 76.8 Å². The predicted molar refractivity (Wildman–Crippen MR) is 144 cm³/mol. The minimum atomic E-state index is 0. The summed E-state index contributed by atoms with van der Waals surface area (Å²) in [4.78, 5) is 17.2. The Morgan fingerprint density at radius 3 is 2.51 bits per heavy atom. The van der Waals surface area contributed by atoms with Crippen molar-refractivity contribution in [1.29, 1.82) is 0 Å². The van der Waals surface area contributed by atoms with E-state index < -0.39 is 0 Å². The molecular weight excluding hydrogens is 487 g/mol. The molecule has 190 valence electrons. The molecule has 0 aliphatic carbocycles. The molecule has 37 heavy (non-hydrogen) atoms. The molecule has 0 unspecified atom stereocenters. The van der Waals surface area contributed by atoms with Crippen LogP contribution in [0.1, 0.15) is 75.7 Å². The molecule has 0 N–H and O–H groups in total. The van der Waals surface area contributed by atoms with Crippen molar-refractivity contribution in [3.63, 3.8) is 0 Å². The number of aromatic nitrogens is 6. The number of benzene rings is 1. The molecule has 7 nitrogen and oxygen atoms in total. The van der Waals surface area contributed by atoms with E-state index in [2.05, 4.69) is 52.2 Å². The van der Waals surface area contributed by atoms with Crippen molar-refractivity contribution in [3.8, 4) is 11.4 Å². The smallest absolute Gasteiger partial charge is 0.330 e. The quantitative estimate of drug-likeness (QED) is 0.224. The number of ketones is 1. The molecule has 3 aromatic rings. The Morgan fingerprint density at radius 1 is 1.05 bits per heavy atom. The number of imidazole rings is 1. The maximum atomic E-state index is 12.3. The molecule has 2 heterocycles. The van der Waals surface area contributed by atoms with Gasteiger partial charge in [0.05, 0.1) is 5.69 Å². The Balaban J connectivity index is 0.00000481. The molecule has 0 bridgehead atoms. The van der Waals surface area contributed by atoms with E-state index in [-0.39, 0.29) is 51.4 Å². The Hall–Kier alpha value is -1.97. The van der Waals surface area contributed by atoms with Crippen LogP contribution < -0.4 is 56.5 Å². The number of hydrogen-bond donors (Lipinski definition) is 0. The van der Waals surface area contributed by atoms with Crippen LogP contribution in [0.4, 0.5) is 0 Å². The van der Waals surface area contributed by atoms with Crippen molar-refractivity contribution in [2.45, 2.75) is 78.7 Å². The van der Waals surface area contributed by atoms with Crippen molar-refractivity contribution >= 4 is 11.4 Å². The molecule has 0 amide bonds. The van der Waals surface area contributed by atoms with Crippen molar-refractivity contribution < 1.29 is 56.2 Å². The molecule has 1 aromatic carbocycles. The number of Topliss-reactive ketones (excluding diaryl/α,β-unsaturated/α-hetero) is 1. The second kappa shape index (κ2) is 16.1. The first kappa shape index (κ1) is 31.2. The molecule has 0 spiro atoms. The van der Waals surface area contributed by atoms with Crippen molar-refractivity contribution in [3.05, 3.63) is 77.9 Å². The van der Waals surface area contributed by atoms with Crippen molar-refractivity contribution in [1.82, 2.24) is 30.2 Å². The molecular formula is C29H37KN6O. The summed E-state index contributed by atoms with van der Waals surface area (Å²) in [5.74, 6) is 1.88. The summed E-state index contributed by atoms with van der Waals surface area (Å²) in [6, 6.07) is 7.81. The van der Waals surface area contributed by atoms with E-state index >= 15 is 0 Å². The van der Waals surface area contributed by atoms with Crippen LogP contribution in [0.2, 0.25) is 0 Å². The summed E-state index contributed by atoms with van der Waals surface area (Å²) >= 11 is 0. The van der Waals surface area contributed by atoms with Crippen molar-refractivity contribution in [2.24, 2.45) is 0 Å². The van der Waals surface area contributed by atoms with Crippen molar-refractivity contribution in [2.75, 3.05) is 0 Å². The van der Waals surface area contributed by atoms with Crippen LogP contribution in [0.3, 0.4) is 0 Å². The Morgan fingerprint density at radius 2 is 1.84 bits per heavy atom. The summed E-state index contributed by atoms with van der Waals surface area (Å²) in [5, 5.41) is 15.2. The molecule has 2 aromatic heterocycles. The molecule has 8 heteroatoms. The van der Waals surface area contributed by atoms with Gasteiger partial charge in [-0.05, 0) is 48.0 Å². The summed E-state index contributed by atoms with van der Waals surface area (Å²) < 4.78 is 2.28. The third kappa shape index (κ3) is 8.79. The second-order valence-electron chi connectivity index (χ2n) is 9.02. The predicted octanol–water partition coefficient (Wildman–Crippen LogP) is 2.73. The zero-order chi connectivity index (χ0) is 25.9. The summed E-state index contributed by atoms with van der Waals surface area (Å²) in [6.07, 6.45) is 10.7. The minimum absolute atomic E-state index is 0. The standard InChI is InChI=1S/C29H37N6O.K/c1-6-9-15-28-30-26(8-3)27(19-18-23(36)12-7-2)35(28)20-21(4)16-17-22(5)24-13-10-11-14-25(24)29-31-33-34-32-29;/h10-11,13-14,16-17H,4-9,12,15,18-20H2,1-3H3;/q-1;+1/b17-16-;. The molecule has 3 rings (SSSR count). The fourth-order valence-electron chi connectivity index (χ4n) is 4.30. The number of nitrogens with zero attached hydrogens (tertiary/aromatic N) is 6. The van der Waals surface area contributed by atoms with Crippen LogP contribution in [-0.2, 0) is 30.6 Å². The van der Waals surface area contributed by atoms with E-state index in [1.807, 2.05) is 43.3 Å². The van der Waals surface area contributed by atoms with E-state index in [9.17, 15) is 4.79 Å².